The highest BCUT2D eigenvalue weighted by atomic mass is 32.1. The molecule has 0 radical (unpaired) electrons. The minimum atomic E-state index is 0.545. The highest BCUT2D eigenvalue weighted by Gasteiger charge is 2.06. The first-order chi connectivity index (χ1) is 7.19. The predicted molar refractivity (Wildman–Crippen MR) is 59.1 cm³/mol. The average Bonchev–Trinajstić information content (AvgIpc) is 2.75. The fourth-order valence-corrected chi connectivity index (χ4v) is 1.98. The first-order valence-corrected chi connectivity index (χ1v) is 5.26. The van der Waals surface area contributed by atoms with Crippen LogP contribution < -0.4 is 10.5 Å². The number of hydrogen-bond donors (Lipinski definition) is 1. The third kappa shape index (κ3) is 2.10. The second-order valence-electron chi connectivity index (χ2n) is 3.20. The summed E-state index contributed by atoms with van der Waals surface area (Å²) in [6.45, 7) is 2.66. The topological polar surface area (TPSA) is 66.0 Å². The second-order valence-corrected chi connectivity index (χ2v) is 4.09. The number of aromatic nitrogens is 3. The maximum Gasteiger partial charge on any atom is 0.225 e. The van der Waals surface area contributed by atoms with Crippen molar-refractivity contribution in [3.05, 3.63) is 22.7 Å². The van der Waals surface area contributed by atoms with Crippen LogP contribution in [0.4, 0.5) is 5.82 Å². The van der Waals surface area contributed by atoms with E-state index in [1.807, 2.05) is 23.7 Å². The van der Waals surface area contributed by atoms with Crippen molar-refractivity contribution in [3.63, 3.8) is 0 Å². The normalized spacial score (nSPS) is 10.5. The molecule has 2 rings (SSSR count). The summed E-state index contributed by atoms with van der Waals surface area (Å²) in [6.07, 6.45) is 0. The smallest absolute Gasteiger partial charge is 0.225 e. The third-order valence-electron chi connectivity index (χ3n) is 2.05. The molecular weight excluding hydrogens is 212 g/mol. The van der Waals surface area contributed by atoms with E-state index < -0.39 is 0 Å². The standard InChI is InChI=1S/C9H12N4OS/c1-6-3-8(10)11-13(6)5-7-4-9(14-2)12-15-7/h3-4H,5H2,1-2H3,(H2,10,11). The monoisotopic (exact) mass is 224 g/mol. The van der Waals surface area contributed by atoms with Gasteiger partial charge in [0.1, 0.15) is 5.82 Å². The van der Waals surface area contributed by atoms with Crippen LogP contribution in [0.2, 0.25) is 0 Å². The lowest BCUT2D eigenvalue weighted by Gasteiger charge is -1.99. The molecule has 0 aliphatic heterocycles. The largest absolute Gasteiger partial charge is 0.480 e. The van der Waals surface area contributed by atoms with Crippen molar-refractivity contribution in [1.29, 1.82) is 0 Å². The van der Waals surface area contributed by atoms with E-state index in [2.05, 4.69) is 9.47 Å². The Morgan fingerprint density at radius 2 is 2.33 bits per heavy atom. The minimum absolute atomic E-state index is 0.545. The van der Waals surface area contributed by atoms with Gasteiger partial charge >= 0.3 is 0 Å². The number of aryl methyl sites for hydroxylation is 1. The predicted octanol–water partition coefficient (Wildman–Crippen LogP) is 1.29. The van der Waals surface area contributed by atoms with E-state index in [4.69, 9.17) is 10.5 Å². The Labute approximate surface area is 91.6 Å². The number of nitrogen functional groups attached to an aromatic ring is 1. The van der Waals surface area contributed by atoms with Gasteiger partial charge in [-0.25, -0.2) is 0 Å². The maximum atomic E-state index is 5.60. The molecule has 0 spiro atoms. The Morgan fingerprint density at radius 3 is 2.87 bits per heavy atom. The molecule has 0 saturated carbocycles. The molecule has 0 saturated heterocycles. The van der Waals surface area contributed by atoms with Crippen LogP contribution in [-0.4, -0.2) is 21.3 Å². The van der Waals surface area contributed by atoms with Crippen molar-refractivity contribution in [2.45, 2.75) is 13.5 Å². The van der Waals surface area contributed by atoms with Gasteiger partial charge < -0.3 is 10.5 Å². The summed E-state index contributed by atoms with van der Waals surface area (Å²) in [6, 6.07) is 3.75. The van der Waals surface area contributed by atoms with E-state index in [-0.39, 0.29) is 0 Å². The van der Waals surface area contributed by atoms with E-state index in [9.17, 15) is 0 Å². The zero-order valence-corrected chi connectivity index (χ0v) is 9.41. The maximum absolute atomic E-state index is 5.60. The van der Waals surface area contributed by atoms with Gasteiger partial charge in [-0.3, -0.25) is 4.68 Å². The first kappa shape index (κ1) is 9.97. The zero-order valence-electron chi connectivity index (χ0n) is 8.60. The fourth-order valence-electron chi connectivity index (χ4n) is 1.31. The summed E-state index contributed by atoms with van der Waals surface area (Å²) in [5.74, 6) is 1.19. The second kappa shape index (κ2) is 3.90. The van der Waals surface area contributed by atoms with Gasteiger partial charge in [0, 0.05) is 17.8 Å². The van der Waals surface area contributed by atoms with Crippen LogP contribution in [0.1, 0.15) is 10.6 Å². The quantitative estimate of drug-likeness (QED) is 0.853. The summed E-state index contributed by atoms with van der Waals surface area (Å²) in [4.78, 5) is 1.10. The van der Waals surface area contributed by atoms with E-state index in [0.717, 1.165) is 10.6 Å². The summed E-state index contributed by atoms with van der Waals surface area (Å²) < 4.78 is 11.0. The van der Waals surface area contributed by atoms with Crippen LogP contribution in [0, 0.1) is 6.92 Å². The molecule has 0 aliphatic rings. The van der Waals surface area contributed by atoms with Crippen molar-refractivity contribution in [2.75, 3.05) is 12.8 Å². The zero-order chi connectivity index (χ0) is 10.8. The van der Waals surface area contributed by atoms with Gasteiger partial charge in [0.25, 0.3) is 0 Å². The lowest BCUT2D eigenvalue weighted by atomic mass is 10.4. The molecule has 0 aromatic carbocycles. The SMILES string of the molecule is COc1cc(Cn2nc(N)cc2C)sn1. The highest BCUT2D eigenvalue weighted by Crippen LogP contribution is 2.18. The van der Waals surface area contributed by atoms with Gasteiger partial charge in [-0.1, -0.05) is 0 Å². The molecule has 0 fully saturated rings. The van der Waals surface area contributed by atoms with Crippen molar-refractivity contribution in [3.8, 4) is 5.88 Å². The molecule has 2 N–H and O–H groups in total. The minimum Gasteiger partial charge on any atom is -0.480 e. The molecular formula is C9H12N4OS. The Kier molecular flexibility index (Phi) is 2.59. The molecule has 2 aromatic rings. The molecule has 5 nitrogen and oxygen atoms in total. The van der Waals surface area contributed by atoms with Crippen LogP contribution >= 0.6 is 11.5 Å². The van der Waals surface area contributed by atoms with Gasteiger partial charge in [-0.15, -0.1) is 0 Å². The molecule has 0 bridgehead atoms. The molecule has 6 heteroatoms. The van der Waals surface area contributed by atoms with Crippen molar-refractivity contribution in [2.24, 2.45) is 0 Å². The fraction of sp³-hybridized carbons (Fsp3) is 0.333. The lowest BCUT2D eigenvalue weighted by Crippen LogP contribution is -2.02. The van der Waals surface area contributed by atoms with Gasteiger partial charge in [0.15, 0.2) is 0 Å². The molecule has 0 atom stereocenters. The highest BCUT2D eigenvalue weighted by molar-refractivity contribution is 7.05. The van der Waals surface area contributed by atoms with Crippen LogP contribution in [0.15, 0.2) is 12.1 Å². The van der Waals surface area contributed by atoms with E-state index in [0.29, 0.717) is 18.2 Å². The molecule has 2 heterocycles. The van der Waals surface area contributed by atoms with Crippen LogP contribution in [0.5, 0.6) is 5.88 Å². The lowest BCUT2D eigenvalue weighted by molar-refractivity contribution is 0.402. The molecule has 15 heavy (non-hydrogen) atoms. The summed E-state index contributed by atoms with van der Waals surface area (Å²) in [7, 11) is 1.61. The number of methoxy groups -OCH3 is 1. The van der Waals surface area contributed by atoms with Gasteiger partial charge in [-0.05, 0) is 18.5 Å². The Morgan fingerprint density at radius 1 is 1.53 bits per heavy atom. The van der Waals surface area contributed by atoms with Crippen LogP contribution in [0.3, 0.4) is 0 Å². The number of nitrogens with two attached hydrogens (primary N) is 1. The first-order valence-electron chi connectivity index (χ1n) is 4.48. The molecule has 2 aromatic heterocycles. The average molecular weight is 224 g/mol. The molecule has 0 unspecified atom stereocenters. The van der Waals surface area contributed by atoms with Crippen molar-refractivity contribution >= 4 is 17.4 Å². The van der Waals surface area contributed by atoms with Crippen LogP contribution in [0.25, 0.3) is 0 Å². The van der Waals surface area contributed by atoms with Crippen LogP contribution in [-0.2, 0) is 6.54 Å². The Hall–Kier alpha value is -1.56. The van der Waals surface area contributed by atoms with Crippen molar-refractivity contribution in [1.82, 2.24) is 14.2 Å². The van der Waals surface area contributed by atoms with E-state index in [1.54, 1.807) is 7.11 Å². The third-order valence-corrected chi connectivity index (χ3v) is 2.80. The number of rotatable bonds is 3. The Balaban J connectivity index is 2.17. The number of ether oxygens (including phenoxy) is 1. The molecule has 0 aliphatic carbocycles. The van der Waals surface area contributed by atoms with E-state index in [1.165, 1.54) is 11.5 Å². The van der Waals surface area contributed by atoms with Gasteiger partial charge in [0.2, 0.25) is 5.88 Å². The molecule has 0 amide bonds. The number of hydrogen-bond acceptors (Lipinski definition) is 5. The molecule has 80 valence electrons. The summed E-state index contributed by atoms with van der Waals surface area (Å²) >= 11 is 1.41. The summed E-state index contributed by atoms with van der Waals surface area (Å²) in [5, 5.41) is 4.17. The van der Waals surface area contributed by atoms with E-state index >= 15 is 0 Å². The Bertz CT molecular complexity index is 462. The number of nitrogens with zero attached hydrogens (tertiary/aromatic N) is 3. The van der Waals surface area contributed by atoms with Gasteiger partial charge in [0.05, 0.1) is 18.5 Å². The number of anilines is 1. The van der Waals surface area contributed by atoms with Crippen molar-refractivity contribution < 1.29 is 4.74 Å². The van der Waals surface area contributed by atoms with Gasteiger partial charge in [-0.2, -0.15) is 9.47 Å². The summed E-state index contributed by atoms with van der Waals surface area (Å²) in [5.41, 5.74) is 6.64.